The molecule has 0 bridgehead atoms. The molecule has 5 heteroatoms. The lowest BCUT2D eigenvalue weighted by Gasteiger charge is -2.21. The van der Waals surface area contributed by atoms with Gasteiger partial charge in [0, 0.05) is 31.2 Å². The van der Waals surface area contributed by atoms with E-state index in [1.54, 1.807) is 11.9 Å². The van der Waals surface area contributed by atoms with Crippen LogP contribution >= 0.6 is 11.6 Å². The summed E-state index contributed by atoms with van der Waals surface area (Å²) in [4.78, 5) is 16.0. The van der Waals surface area contributed by atoms with E-state index in [1.165, 1.54) is 0 Å². The van der Waals surface area contributed by atoms with Crippen LogP contribution in [0.5, 0.6) is 0 Å². The van der Waals surface area contributed by atoms with Gasteiger partial charge in [0.2, 0.25) is 0 Å². The Hall–Kier alpha value is -1.26. The van der Waals surface area contributed by atoms with Crippen molar-refractivity contribution in [2.45, 2.75) is 39.3 Å². The van der Waals surface area contributed by atoms with Crippen molar-refractivity contribution < 1.29 is 4.79 Å². The third-order valence-corrected chi connectivity index (χ3v) is 3.99. The van der Waals surface area contributed by atoms with Gasteiger partial charge in [0.25, 0.3) is 0 Å². The van der Waals surface area contributed by atoms with E-state index in [0.717, 1.165) is 24.9 Å². The molecule has 1 rings (SSSR count). The molecule has 22 heavy (non-hydrogen) atoms. The molecule has 0 spiro atoms. The van der Waals surface area contributed by atoms with Crippen molar-refractivity contribution >= 4 is 17.6 Å². The van der Waals surface area contributed by atoms with E-state index in [4.69, 9.17) is 11.6 Å². The number of halogens is 1. The van der Waals surface area contributed by atoms with E-state index in [1.807, 2.05) is 24.3 Å². The van der Waals surface area contributed by atoms with Gasteiger partial charge in [-0.05, 0) is 58.0 Å². The Balaban J connectivity index is 2.22. The average molecular weight is 326 g/mol. The highest BCUT2D eigenvalue weighted by molar-refractivity contribution is 6.30. The molecule has 0 heterocycles. The summed E-state index contributed by atoms with van der Waals surface area (Å²) in [5, 5.41) is 3.65. The van der Waals surface area contributed by atoms with E-state index in [-0.39, 0.29) is 6.03 Å². The monoisotopic (exact) mass is 325 g/mol. The number of carbonyl (C=O) groups is 1. The van der Waals surface area contributed by atoms with Gasteiger partial charge in [-0.1, -0.05) is 23.7 Å². The number of benzene rings is 1. The van der Waals surface area contributed by atoms with Gasteiger partial charge in [-0.25, -0.2) is 4.79 Å². The Kier molecular flexibility index (Phi) is 8.28. The second-order valence-electron chi connectivity index (χ2n) is 6.00. The smallest absolute Gasteiger partial charge is 0.317 e. The topological polar surface area (TPSA) is 35.6 Å². The molecule has 0 atom stereocenters. The van der Waals surface area contributed by atoms with E-state index >= 15 is 0 Å². The first-order valence-electron chi connectivity index (χ1n) is 7.83. The van der Waals surface area contributed by atoms with Crippen LogP contribution in [0.1, 0.15) is 32.3 Å². The van der Waals surface area contributed by atoms with Gasteiger partial charge in [-0.3, -0.25) is 0 Å². The number of hydrogen-bond acceptors (Lipinski definition) is 2. The van der Waals surface area contributed by atoms with E-state index < -0.39 is 0 Å². The Morgan fingerprint density at radius 1 is 1.27 bits per heavy atom. The van der Waals surface area contributed by atoms with Crippen LogP contribution in [0.4, 0.5) is 4.79 Å². The summed E-state index contributed by atoms with van der Waals surface area (Å²) in [6.07, 6.45) is 2.08. The summed E-state index contributed by atoms with van der Waals surface area (Å²) in [5.74, 6) is 0. The van der Waals surface area contributed by atoms with E-state index in [9.17, 15) is 4.79 Å². The second-order valence-corrected chi connectivity index (χ2v) is 6.44. The number of urea groups is 1. The molecular weight excluding hydrogens is 298 g/mol. The normalized spacial score (nSPS) is 11.0. The molecule has 1 N–H and O–H groups in total. The highest BCUT2D eigenvalue weighted by atomic mass is 35.5. The van der Waals surface area contributed by atoms with Gasteiger partial charge < -0.3 is 15.1 Å². The number of carbonyl (C=O) groups excluding carboxylic acids is 1. The van der Waals surface area contributed by atoms with Crippen LogP contribution in [-0.4, -0.2) is 49.1 Å². The first-order valence-corrected chi connectivity index (χ1v) is 8.21. The van der Waals surface area contributed by atoms with Crippen molar-refractivity contribution in [3.63, 3.8) is 0 Å². The molecule has 0 aliphatic rings. The summed E-state index contributed by atoms with van der Waals surface area (Å²) in [6, 6.07) is 8.11. The quantitative estimate of drug-likeness (QED) is 0.741. The predicted molar refractivity (Wildman–Crippen MR) is 93.3 cm³/mol. The minimum Gasteiger partial charge on any atom is -0.338 e. The SMILES string of the molecule is CC(C)N(C)CCCCNC(=O)N(C)Cc1cccc(Cl)c1. The van der Waals surface area contributed by atoms with Crippen LogP contribution in [0, 0.1) is 0 Å². The van der Waals surface area contributed by atoms with Crippen molar-refractivity contribution in [3.8, 4) is 0 Å². The maximum absolute atomic E-state index is 12.0. The third kappa shape index (κ3) is 7.14. The van der Waals surface area contributed by atoms with Gasteiger partial charge in [-0.2, -0.15) is 0 Å². The Morgan fingerprint density at radius 3 is 2.64 bits per heavy atom. The zero-order valence-corrected chi connectivity index (χ0v) is 14.9. The summed E-state index contributed by atoms with van der Waals surface area (Å²) in [7, 11) is 3.92. The maximum atomic E-state index is 12.0. The van der Waals surface area contributed by atoms with Crippen molar-refractivity contribution in [1.82, 2.24) is 15.1 Å². The van der Waals surface area contributed by atoms with Crippen LogP contribution in [0.3, 0.4) is 0 Å². The molecule has 0 aliphatic heterocycles. The van der Waals surface area contributed by atoms with Crippen molar-refractivity contribution in [2.24, 2.45) is 0 Å². The van der Waals surface area contributed by atoms with E-state index in [0.29, 0.717) is 24.2 Å². The molecular formula is C17H28ClN3O. The van der Waals surface area contributed by atoms with Gasteiger partial charge in [0.15, 0.2) is 0 Å². The molecule has 0 aliphatic carbocycles. The number of amides is 2. The summed E-state index contributed by atoms with van der Waals surface area (Å²) in [6.45, 7) is 6.71. The largest absolute Gasteiger partial charge is 0.338 e. The molecule has 4 nitrogen and oxygen atoms in total. The Labute approximate surface area is 139 Å². The minimum absolute atomic E-state index is 0.0443. The lowest BCUT2D eigenvalue weighted by atomic mass is 10.2. The first kappa shape index (κ1) is 18.8. The first-order chi connectivity index (χ1) is 10.4. The number of hydrogen-bond donors (Lipinski definition) is 1. The zero-order valence-electron chi connectivity index (χ0n) is 14.1. The average Bonchev–Trinajstić information content (AvgIpc) is 2.46. The molecule has 0 saturated carbocycles. The number of nitrogens with zero attached hydrogens (tertiary/aromatic N) is 2. The summed E-state index contributed by atoms with van der Waals surface area (Å²) >= 11 is 5.95. The third-order valence-electron chi connectivity index (χ3n) is 3.75. The fraction of sp³-hybridized carbons (Fsp3) is 0.588. The molecule has 124 valence electrons. The molecule has 0 aromatic heterocycles. The van der Waals surface area contributed by atoms with Gasteiger partial charge in [-0.15, -0.1) is 0 Å². The highest BCUT2D eigenvalue weighted by Crippen LogP contribution is 2.12. The molecule has 1 aromatic carbocycles. The van der Waals surface area contributed by atoms with E-state index in [2.05, 4.69) is 31.1 Å². The molecule has 0 saturated heterocycles. The molecule has 0 fully saturated rings. The maximum Gasteiger partial charge on any atom is 0.317 e. The Morgan fingerprint density at radius 2 is 2.00 bits per heavy atom. The summed E-state index contributed by atoms with van der Waals surface area (Å²) in [5.41, 5.74) is 1.03. The zero-order chi connectivity index (χ0) is 16.5. The molecule has 0 unspecified atom stereocenters. The van der Waals surface area contributed by atoms with Crippen molar-refractivity contribution in [3.05, 3.63) is 34.9 Å². The van der Waals surface area contributed by atoms with Crippen LogP contribution in [-0.2, 0) is 6.54 Å². The Bertz CT molecular complexity index is 465. The molecule has 0 radical (unpaired) electrons. The van der Waals surface area contributed by atoms with Gasteiger partial charge in [0.1, 0.15) is 0 Å². The lowest BCUT2D eigenvalue weighted by molar-refractivity contribution is 0.206. The van der Waals surface area contributed by atoms with Crippen LogP contribution in [0.2, 0.25) is 5.02 Å². The number of nitrogens with one attached hydrogen (secondary N) is 1. The number of rotatable bonds is 8. The van der Waals surface area contributed by atoms with Gasteiger partial charge in [0.05, 0.1) is 0 Å². The fourth-order valence-electron chi connectivity index (χ4n) is 2.06. The second kappa shape index (κ2) is 9.70. The molecule has 1 aromatic rings. The van der Waals surface area contributed by atoms with Crippen molar-refractivity contribution in [2.75, 3.05) is 27.2 Å². The van der Waals surface area contributed by atoms with Crippen LogP contribution in [0.25, 0.3) is 0 Å². The van der Waals surface area contributed by atoms with Crippen molar-refractivity contribution in [1.29, 1.82) is 0 Å². The predicted octanol–water partition coefficient (Wildman–Crippen LogP) is 3.60. The lowest BCUT2D eigenvalue weighted by Crippen LogP contribution is -2.37. The summed E-state index contributed by atoms with van der Waals surface area (Å²) < 4.78 is 0. The highest BCUT2D eigenvalue weighted by Gasteiger charge is 2.08. The van der Waals surface area contributed by atoms with Crippen LogP contribution < -0.4 is 5.32 Å². The fourth-order valence-corrected chi connectivity index (χ4v) is 2.27. The standard InChI is InChI=1S/C17H28ClN3O/c1-14(2)20(3)11-6-5-10-19-17(22)21(4)13-15-8-7-9-16(18)12-15/h7-9,12,14H,5-6,10-11,13H2,1-4H3,(H,19,22). The van der Waals surface area contributed by atoms with Crippen LogP contribution in [0.15, 0.2) is 24.3 Å². The number of unbranched alkanes of at least 4 members (excludes halogenated alkanes) is 1. The van der Waals surface area contributed by atoms with Gasteiger partial charge >= 0.3 is 6.03 Å². The minimum atomic E-state index is -0.0443. The molecule has 2 amide bonds.